The number of hydrogen-bond acceptors (Lipinski definition) is 3. The molecule has 1 aromatic heterocycles. The van der Waals surface area contributed by atoms with E-state index in [0.29, 0.717) is 22.4 Å². The zero-order valence-electron chi connectivity index (χ0n) is 11.7. The molecule has 0 saturated heterocycles. The lowest BCUT2D eigenvalue weighted by Gasteiger charge is -2.11. The maximum atomic E-state index is 6.33. The number of hydrogen-bond donors (Lipinski definition) is 0. The minimum Gasteiger partial charge on any atom is -0.493 e. The fourth-order valence-corrected chi connectivity index (χ4v) is 2.36. The van der Waals surface area contributed by atoms with Gasteiger partial charge in [0.15, 0.2) is 11.5 Å². The van der Waals surface area contributed by atoms with Gasteiger partial charge in [-0.05, 0) is 24.5 Å². The lowest BCUT2D eigenvalue weighted by Crippen LogP contribution is -1.99. The van der Waals surface area contributed by atoms with Gasteiger partial charge in [0.1, 0.15) is 0 Å². The quantitative estimate of drug-likeness (QED) is 0.844. The van der Waals surface area contributed by atoms with Crippen LogP contribution in [0.3, 0.4) is 0 Å². The van der Waals surface area contributed by atoms with E-state index in [-0.39, 0.29) is 0 Å². The average molecular weight is 280 g/mol. The summed E-state index contributed by atoms with van der Waals surface area (Å²) in [7, 11) is 3.22. The third-order valence-electron chi connectivity index (χ3n) is 2.93. The van der Waals surface area contributed by atoms with Crippen molar-refractivity contribution in [2.24, 2.45) is 5.92 Å². The van der Waals surface area contributed by atoms with Crippen molar-refractivity contribution in [3.05, 3.63) is 28.9 Å². The number of benzene rings is 1. The average Bonchev–Trinajstić information content (AvgIpc) is 2.36. The first-order valence-corrected chi connectivity index (χ1v) is 6.64. The number of methoxy groups -OCH3 is 2. The van der Waals surface area contributed by atoms with Gasteiger partial charge >= 0.3 is 0 Å². The Morgan fingerprint density at radius 2 is 1.74 bits per heavy atom. The molecule has 0 radical (unpaired) electrons. The summed E-state index contributed by atoms with van der Waals surface area (Å²) in [5.41, 5.74) is 1.83. The van der Waals surface area contributed by atoms with Crippen LogP contribution in [0.1, 0.15) is 19.5 Å². The van der Waals surface area contributed by atoms with Crippen LogP contribution in [0.4, 0.5) is 0 Å². The first kappa shape index (κ1) is 13.9. The second-order valence-corrected chi connectivity index (χ2v) is 5.32. The summed E-state index contributed by atoms with van der Waals surface area (Å²) < 4.78 is 10.6. The molecule has 0 amide bonds. The van der Waals surface area contributed by atoms with Gasteiger partial charge in [-0.3, -0.25) is 4.98 Å². The summed E-state index contributed by atoms with van der Waals surface area (Å²) in [5, 5.41) is 1.58. The zero-order valence-corrected chi connectivity index (χ0v) is 12.4. The molecule has 0 aliphatic rings. The molecule has 0 unspecified atom stereocenters. The highest BCUT2D eigenvalue weighted by Crippen LogP contribution is 2.34. The van der Waals surface area contributed by atoms with Gasteiger partial charge in [-0.1, -0.05) is 25.4 Å². The van der Waals surface area contributed by atoms with E-state index in [2.05, 4.69) is 18.8 Å². The smallest absolute Gasteiger partial charge is 0.162 e. The van der Waals surface area contributed by atoms with Crippen LogP contribution in [0.25, 0.3) is 10.9 Å². The third kappa shape index (κ3) is 2.92. The van der Waals surface area contributed by atoms with E-state index in [9.17, 15) is 0 Å². The first-order valence-electron chi connectivity index (χ1n) is 6.26. The molecule has 0 N–H and O–H groups in total. The molecule has 0 saturated carbocycles. The fourth-order valence-electron chi connectivity index (χ4n) is 2.09. The van der Waals surface area contributed by atoms with Crippen molar-refractivity contribution < 1.29 is 9.47 Å². The Balaban J connectivity index is 2.60. The normalized spacial score (nSPS) is 11.1. The largest absolute Gasteiger partial charge is 0.493 e. The van der Waals surface area contributed by atoms with Gasteiger partial charge in [-0.15, -0.1) is 0 Å². The Hall–Kier alpha value is -1.48. The summed E-state index contributed by atoms with van der Waals surface area (Å²) in [6.45, 7) is 4.32. The van der Waals surface area contributed by atoms with E-state index in [0.717, 1.165) is 23.0 Å². The predicted molar refractivity (Wildman–Crippen MR) is 78.4 cm³/mol. The van der Waals surface area contributed by atoms with Gasteiger partial charge in [-0.25, -0.2) is 0 Å². The minimum absolute atomic E-state index is 0.543. The van der Waals surface area contributed by atoms with E-state index >= 15 is 0 Å². The second kappa shape index (κ2) is 5.66. The Morgan fingerprint density at radius 3 is 2.32 bits per heavy atom. The number of ether oxygens (including phenoxy) is 2. The highest BCUT2D eigenvalue weighted by atomic mass is 35.5. The first-order chi connectivity index (χ1) is 9.05. The Labute approximate surface area is 118 Å². The van der Waals surface area contributed by atoms with Crippen molar-refractivity contribution in [1.82, 2.24) is 4.98 Å². The van der Waals surface area contributed by atoms with Crippen molar-refractivity contribution in [1.29, 1.82) is 0 Å². The molecule has 1 heterocycles. The Bertz CT molecular complexity index is 596. The fraction of sp³-hybridized carbons (Fsp3) is 0.400. The van der Waals surface area contributed by atoms with E-state index in [1.807, 2.05) is 18.2 Å². The number of aromatic nitrogens is 1. The summed E-state index contributed by atoms with van der Waals surface area (Å²) >= 11 is 6.33. The van der Waals surface area contributed by atoms with Crippen LogP contribution in [0.15, 0.2) is 18.2 Å². The number of halogens is 1. The molecule has 0 aliphatic carbocycles. The minimum atomic E-state index is 0.543. The SMILES string of the molecule is COc1cc2nc(CC(C)C)cc(Cl)c2cc1OC. The van der Waals surface area contributed by atoms with Crippen molar-refractivity contribution >= 4 is 22.5 Å². The standard InChI is InChI=1S/C15H18ClNO2/c1-9(2)5-10-6-12(16)11-7-14(18-3)15(19-4)8-13(11)17-10/h6-9H,5H2,1-4H3. The molecule has 0 spiro atoms. The second-order valence-electron chi connectivity index (χ2n) is 4.92. The van der Waals surface area contributed by atoms with Crippen molar-refractivity contribution in [2.75, 3.05) is 14.2 Å². The molecule has 2 rings (SSSR count). The molecule has 102 valence electrons. The molecule has 1 aromatic carbocycles. The topological polar surface area (TPSA) is 31.4 Å². The maximum absolute atomic E-state index is 6.33. The third-order valence-corrected chi connectivity index (χ3v) is 3.25. The molecule has 0 bridgehead atoms. The summed E-state index contributed by atoms with van der Waals surface area (Å²) in [5.74, 6) is 1.87. The molecule has 0 aliphatic heterocycles. The highest BCUT2D eigenvalue weighted by molar-refractivity contribution is 6.35. The Morgan fingerprint density at radius 1 is 1.11 bits per heavy atom. The van der Waals surface area contributed by atoms with Gasteiger partial charge in [-0.2, -0.15) is 0 Å². The van der Waals surface area contributed by atoms with Crippen molar-refractivity contribution in [3.8, 4) is 11.5 Å². The van der Waals surface area contributed by atoms with Crippen LogP contribution in [-0.2, 0) is 6.42 Å². The van der Waals surface area contributed by atoms with Crippen LogP contribution in [-0.4, -0.2) is 19.2 Å². The molecule has 0 atom stereocenters. The molecule has 3 nitrogen and oxygen atoms in total. The lowest BCUT2D eigenvalue weighted by molar-refractivity contribution is 0.356. The molecule has 4 heteroatoms. The van der Waals surface area contributed by atoms with Crippen LogP contribution < -0.4 is 9.47 Å². The van der Waals surface area contributed by atoms with Gasteiger partial charge in [0, 0.05) is 17.1 Å². The van der Waals surface area contributed by atoms with E-state index in [4.69, 9.17) is 21.1 Å². The molecule has 0 fully saturated rings. The summed E-state index contributed by atoms with van der Waals surface area (Å²) in [6, 6.07) is 5.66. The summed E-state index contributed by atoms with van der Waals surface area (Å²) in [4.78, 5) is 4.64. The number of nitrogens with zero attached hydrogens (tertiary/aromatic N) is 1. The highest BCUT2D eigenvalue weighted by Gasteiger charge is 2.11. The van der Waals surface area contributed by atoms with E-state index in [1.54, 1.807) is 14.2 Å². The molecular formula is C15H18ClNO2. The molecule has 19 heavy (non-hydrogen) atoms. The molecular weight excluding hydrogens is 262 g/mol. The van der Waals surface area contributed by atoms with Gasteiger partial charge in [0.05, 0.1) is 24.8 Å². The number of fused-ring (bicyclic) bond motifs is 1. The van der Waals surface area contributed by atoms with E-state index < -0.39 is 0 Å². The van der Waals surface area contributed by atoms with E-state index in [1.165, 1.54) is 0 Å². The van der Waals surface area contributed by atoms with Gasteiger partial charge in [0.25, 0.3) is 0 Å². The van der Waals surface area contributed by atoms with Crippen LogP contribution in [0.2, 0.25) is 5.02 Å². The predicted octanol–water partition coefficient (Wildman–Crippen LogP) is 4.10. The Kier molecular flexibility index (Phi) is 4.15. The maximum Gasteiger partial charge on any atom is 0.162 e. The number of pyridine rings is 1. The van der Waals surface area contributed by atoms with Gasteiger partial charge < -0.3 is 9.47 Å². The van der Waals surface area contributed by atoms with Crippen molar-refractivity contribution in [2.45, 2.75) is 20.3 Å². The van der Waals surface area contributed by atoms with Crippen LogP contribution in [0, 0.1) is 5.92 Å². The monoisotopic (exact) mass is 279 g/mol. The molecule has 2 aromatic rings. The lowest BCUT2D eigenvalue weighted by atomic mass is 10.1. The summed E-state index contributed by atoms with van der Waals surface area (Å²) in [6.07, 6.45) is 0.907. The van der Waals surface area contributed by atoms with Crippen molar-refractivity contribution in [3.63, 3.8) is 0 Å². The zero-order chi connectivity index (χ0) is 14.0. The van der Waals surface area contributed by atoms with Gasteiger partial charge in [0.2, 0.25) is 0 Å². The number of rotatable bonds is 4. The van der Waals surface area contributed by atoms with Crippen LogP contribution in [0.5, 0.6) is 11.5 Å². The van der Waals surface area contributed by atoms with Crippen LogP contribution >= 0.6 is 11.6 Å².